The summed E-state index contributed by atoms with van der Waals surface area (Å²) in [6.45, 7) is 4.41. The minimum atomic E-state index is -0.675. The number of nitrogens with zero attached hydrogens (tertiary/aromatic N) is 1. The average Bonchev–Trinajstić information content (AvgIpc) is 2.90. The number of benzene rings is 2. The van der Waals surface area contributed by atoms with Crippen LogP contribution in [0.4, 0.5) is 0 Å². The van der Waals surface area contributed by atoms with Gasteiger partial charge in [-0.25, -0.2) is 0 Å². The quantitative estimate of drug-likeness (QED) is 0.688. The molecule has 2 N–H and O–H groups in total. The number of amides is 3. The molecule has 4 rings (SSSR count). The topological polar surface area (TPSA) is 87.7 Å². The van der Waals surface area contributed by atoms with Crippen molar-refractivity contribution in [2.45, 2.75) is 64.5 Å². The first kappa shape index (κ1) is 25.7. The monoisotopic (exact) mass is 491 g/mol. The van der Waals surface area contributed by atoms with Crippen LogP contribution in [0.25, 0.3) is 0 Å². The smallest absolute Gasteiger partial charge is 0.242 e. The second-order valence-corrected chi connectivity index (χ2v) is 9.94. The van der Waals surface area contributed by atoms with Crippen molar-refractivity contribution in [3.8, 4) is 5.75 Å². The van der Waals surface area contributed by atoms with Crippen molar-refractivity contribution < 1.29 is 19.1 Å². The summed E-state index contributed by atoms with van der Waals surface area (Å²) in [5.74, 6) is 0.699. The van der Waals surface area contributed by atoms with Gasteiger partial charge in [-0.3, -0.25) is 14.4 Å². The zero-order chi connectivity index (χ0) is 25.3. The Morgan fingerprint density at radius 2 is 1.86 bits per heavy atom. The third-order valence-corrected chi connectivity index (χ3v) is 7.22. The molecule has 2 aromatic carbocycles. The number of hydrogen-bond acceptors (Lipinski definition) is 4. The number of piperidine rings is 1. The molecule has 1 fully saturated rings. The number of nitrogens with one attached hydrogen (secondary N) is 2. The van der Waals surface area contributed by atoms with Crippen LogP contribution in [0.5, 0.6) is 5.75 Å². The van der Waals surface area contributed by atoms with E-state index in [1.807, 2.05) is 60.4 Å². The zero-order valence-electron chi connectivity index (χ0n) is 21.1. The van der Waals surface area contributed by atoms with Crippen LogP contribution in [0.3, 0.4) is 0 Å². The first-order chi connectivity index (χ1) is 17.5. The maximum Gasteiger partial charge on any atom is 0.242 e. The van der Waals surface area contributed by atoms with Gasteiger partial charge in [-0.1, -0.05) is 36.4 Å². The Bertz CT molecular complexity index is 1060. The van der Waals surface area contributed by atoms with E-state index in [0.29, 0.717) is 38.5 Å². The van der Waals surface area contributed by atoms with Crippen LogP contribution in [-0.4, -0.2) is 48.4 Å². The SMILES string of the molecule is Cc1ccc2cc1CNC(=O)C(CCc1ccccc1)NC(=O)CCC(=O)N1CCCC(CCO2)C1. The van der Waals surface area contributed by atoms with Gasteiger partial charge in [0.25, 0.3) is 0 Å². The highest BCUT2D eigenvalue weighted by Crippen LogP contribution is 2.23. The molecule has 2 atom stereocenters. The maximum atomic E-state index is 13.2. The molecule has 4 bridgehead atoms. The number of rotatable bonds is 3. The lowest BCUT2D eigenvalue weighted by molar-refractivity contribution is -0.135. The zero-order valence-corrected chi connectivity index (χ0v) is 21.1. The highest BCUT2D eigenvalue weighted by atomic mass is 16.5. The van der Waals surface area contributed by atoms with Gasteiger partial charge in [0.2, 0.25) is 17.7 Å². The Hall–Kier alpha value is -3.35. The van der Waals surface area contributed by atoms with Crippen LogP contribution in [0.15, 0.2) is 48.5 Å². The van der Waals surface area contributed by atoms with Crippen LogP contribution in [0.2, 0.25) is 0 Å². The molecule has 36 heavy (non-hydrogen) atoms. The largest absolute Gasteiger partial charge is 0.494 e. The van der Waals surface area contributed by atoms with Crippen molar-refractivity contribution in [1.29, 1.82) is 0 Å². The highest BCUT2D eigenvalue weighted by molar-refractivity contribution is 5.89. The molecule has 0 aliphatic carbocycles. The van der Waals surface area contributed by atoms with E-state index < -0.39 is 6.04 Å². The summed E-state index contributed by atoms with van der Waals surface area (Å²) in [7, 11) is 0. The standard InChI is InChI=1S/C29H37N3O4/c1-21-9-11-25-18-24(21)19-30-29(35)26(12-10-22-6-3-2-4-7-22)31-27(33)13-14-28(34)32-16-5-8-23(20-32)15-17-36-25/h2-4,6-7,9,11,18,23,26H,5,8,10,12-17,19-20H2,1H3,(H,30,35)(H,31,33). The van der Waals surface area contributed by atoms with Gasteiger partial charge in [0, 0.05) is 32.5 Å². The molecule has 7 nitrogen and oxygen atoms in total. The molecule has 7 heteroatoms. The molecule has 3 amide bonds. The molecule has 1 saturated heterocycles. The molecule has 0 aromatic heterocycles. The molecule has 2 aromatic rings. The maximum absolute atomic E-state index is 13.2. The molecular weight excluding hydrogens is 454 g/mol. The Balaban J connectivity index is 1.50. The minimum absolute atomic E-state index is 0.00495. The number of carbonyl (C=O) groups is 3. The van der Waals surface area contributed by atoms with E-state index in [9.17, 15) is 14.4 Å². The van der Waals surface area contributed by atoms with Crippen molar-refractivity contribution in [1.82, 2.24) is 15.5 Å². The lowest BCUT2D eigenvalue weighted by Gasteiger charge is -2.33. The molecule has 2 aliphatic heterocycles. The lowest BCUT2D eigenvalue weighted by atomic mass is 9.95. The predicted molar refractivity (Wildman–Crippen MR) is 138 cm³/mol. The van der Waals surface area contributed by atoms with Gasteiger partial charge in [-0.05, 0) is 73.8 Å². The van der Waals surface area contributed by atoms with Gasteiger partial charge < -0.3 is 20.3 Å². The summed E-state index contributed by atoms with van der Waals surface area (Å²) in [6, 6.07) is 15.2. The first-order valence-corrected chi connectivity index (χ1v) is 13.1. The second kappa shape index (κ2) is 12.6. The molecule has 0 spiro atoms. The summed E-state index contributed by atoms with van der Waals surface area (Å²) in [6.07, 6.45) is 4.32. The molecule has 0 saturated carbocycles. The van der Waals surface area contributed by atoms with Crippen LogP contribution < -0.4 is 15.4 Å². The molecule has 192 valence electrons. The van der Waals surface area contributed by atoms with E-state index in [1.54, 1.807) is 0 Å². The summed E-state index contributed by atoms with van der Waals surface area (Å²) >= 11 is 0. The van der Waals surface area contributed by atoms with E-state index in [2.05, 4.69) is 10.6 Å². The van der Waals surface area contributed by atoms with Gasteiger partial charge in [-0.15, -0.1) is 0 Å². The number of carbonyl (C=O) groups excluding carboxylic acids is 3. The van der Waals surface area contributed by atoms with E-state index in [1.165, 1.54) is 0 Å². The summed E-state index contributed by atoms with van der Waals surface area (Å²) in [5, 5.41) is 5.89. The van der Waals surface area contributed by atoms with Crippen molar-refractivity contribution in [2.24, 2.45) is 5.92 Å². The molecule has 2 heterocycles. The first-order valence-electron chi connectivity index (χ1n) is 13.1. The summed E-state index contributed by atoms with van der Waals surface area (Å²) in [4.78, 5) is 40.6. The lowest BCUT2D eigenvalue weighted by Crippen LogP contribution is -2.47. The number of aryl methyl sites for hydroxylation is 2. The number of hydrogen-bond donors (Lipinski definition) is 2. The highest BCUT2D eigenvalue weighted by Gasteiger charge is 2.25. The summed E-state index contributed by atoms with van der Waals surface area (Å²) in [5.41, 5.74) is 3.17. The fourth-order valence-corrected chi connectivity index (χ4v) is 4.97. The van der Waals surface area contributed by atoms with Gasteiger partial charge in [0.05, 0.1) is 6.61 Å². The molecule has 2 unspecified atom stereocenters. The van der Waals surface area contributed by atoms with E-state index in [4.69, 9.17) is 4.74 Å². The number of fused-ring (bicyclic) bond motifs is 4. The van der Waals surface area contributed by atoms with Crippen molar-refractivity contribution in [3.05, 3.63) is 65.2 Å². The third kappa shape index (κ3) is 7.33. The predicted octanol–water partition coefficient (Wildman–Crippen LogP) is 3.53. The Morgan fingerprint density at radius 1 is 1.03 bits per heavy atom. The Labute approximate surface area is 213 Å². The van der Waals surface area contributed by atoms with Crippen LogP contribution in [0, 0.1) is 12.8 Å². The van der Waals surface area contributed by atoms with E-state index >= 15 is 0 Å². The fourth-order valence-electron chi connectivity index (χ4n) is 4.97. The van der Waals surface area contributed by atoms with Gasteiger partial charge in [-0.2, -0.15) is 0 Å². The molecule has 2 aliphatic rings. The molecular formula is C29H37N3O4. The second-order valence-electron chi connectivity index (χ2n) is 9.94. The minimum Gasteiger partial charge on any atom is -0.494 e. The van der Waals surface area contributed by atoms with Crippen LogP contribution in [-0.2, 0) is 27.3 Å². The summed E-state index contributed by atoms with van der Waals surface area (Å²) < 4.78 is 6.04. The van der Waals surface area contributed by atoms with E-state index in [-0.39, 0.29) is 30.6 Å². The number of ether oxygens (including phenoxy) is 1. The van der Waals surface area contributed by atoms with Gasteiger partial charge in [0.1, 0.15) is 11.8 Å². The van der Waals surface area contributed by atoms with Crippen LogP contribution in [0.1, 0.15) is 55.2 Å². The Morgan fingerprint density at radius 3 is 2.69 bits per heavy atom. The Kier molecular flexibility index (Phi) is 8.98. The van der Waals surface area contributed by atoms with Crippen LogP contribution >= 0.6 is 0 Å². The van der Waals surface area contributed by atoms with E-state index in [0.717, 1.165) is 48.2 Å². The average molecular weight is 492 g/mol. The van der Waals surface area contributed by atoms with Gasteiger partial charge >= 0.3 is 0 Å². The van der Waals surface area contributed by atoms with Crippen molar-refractivity contribution in [2.75, 3.05) is 19.7 Å². The normalized spacial score (nSPS) is 22.0. The van der Waals surface area contributed by atoms with Crippen molar-refractivity contribution in [3.63, 3.8) is 0 Å². The third-order valence-electron chi connectivity index (χ3n) is 7.22. The molecule has 0 radical (unpaired) electrons. The van der Waals surface area contributed by atoms with Crippen molar-refractivity contribution >= 4 is 17.7 Å². The van der Waals surface area contributed by atoms with Gasteiger partial charge in [0.15, 0.2) is 0 Å². The fraction of sp³-hybridized carbons (Fsp3) is 0.483.